The number of esters is 1. The first-order valence-corrected chi connectivity index (χ1v) is 4.55. The molecule has 0 amide bonds. The Morgan fingerprint density at radius 3 is 2.41 bits per heavy atom. The minimum atomic E-state index is -0.698. The van der Waals surface area contributed by atoms with Crippen molar-refractivity contribution in [1.82, 2.24) is 0 Å². The number of benzene rings is 1. The topological polar surface area (TPSA) is 94.1 Å². The fourth-order valence-corrected chi connectivity index (χ4v) is 1.07. The van der Waals surface area contributed by atoms with E-state index in [0.717, 1.165) is 0 Å². The lowest BCUT2D eigenvalue weighted by atomic mass is 10.1. The third-order valence-electron chi connectivity index (χ3n) is 1.92. The molecule has 0 aliphatic carbocycles. The predicted octanol–water partition coefficient (Wildman–Crippen LogP) is 1.62. The first-order chi connectivity index (χ1) is 8.01. The normalized spacial score (nSPS) is 8.88. The van der Waals surface area contributed by atoms with Gasteiger partial charge in [0, 0.05) is 5.57 Å². The molecule has 84 valence electrons. The highest BCUT2D eigenvalue weighted by Gasteiger charge is 2.16. The average Bonchev–Trinajstić information content (AvgIpc) is 2.30. The minimum absolute atomic E-state index is 0.0742. The van der Waals surface area contributed by atoms with Gasteiger partial charge < -0.3 is 9.84 Å². The smallest absolute Gasteiger partial charge is 0.338 e. The van der Waals surface area contributed by atoms with Crippen molar-refractivity contribution in [3.63, 3.8) is 0 Å². The van der Waals surface area contributed by atoms with Gasteiger partial charge in [0.15, 0.2) is 5.75 Å². The van der Waals surface area contributed by atoms with Crippen molar-refractivity contribution in [2.24, 2.45) is 0 Å². The molecule has 0 aliphatic heterocycles. The number of nitriles is 2. The van der Waals surface area contributed by atoms with E-state index in [4.69, 9.17) is 15.3 Å². The number of carbonyl (C=O) groups excluding carboxylic acids is 1. The molecule has 0 aliphatic rings. The largest absolute Gasteiger partial charge is 0.507 e. The Bertz CT molecular complexity index is 577. The summed E-state index contributed by atoms with van der Waals surface area (Å²) in [5.41, 5.74) is -0.234. The molecule has 0 atom stereocenters. The molecule has 0 spiro atoms. The SMILES string of the molecule is C=C(C)C(=O)Oc1ccc(O)c(C#N)c1C#N. The van der Waals surface area contributed by atoms with Crippen LogP contribution in [0, 0.1) is 22.7 Å². The monoisotopic (exact) mass is 228 g/mol. The average molecular weight is 228 g/mol. The lowest BCUT2D eigenvalue weighted by Crippen LogP contribution is -2.09. The zero-order valence-corrected chi connectivity index (χ0v) is 9.02. The van der Waals surface area contributed by atoms with E-state index in [-0.39, 0.29) is 28.2 Å². The van der Waals surface area contributed by atoms with Gasteiger partial charge in [0.25, 0.3) is 0 Å². The minimum Gasteiger partial charge on any atom is -0.507 e. The van der Waals surface area contributed by atoms with Gasteiger partial charge >= 0.3 is 5.97 Å². The summed E-state index contributed by atoms with van der Waals surface area (Å²) < 4.78 is 4.87. The fraction of sp³-hybridized carbons (Fsp3) is 0.0833. The van der Waals surface area contributed by atoms with Crippen molar-refractivity contribution in [3.8, 4) is 23.6 Å². The van der Waals surface area contributed by atoms with E-state index in [1.165, 1.54) is 19.1 Å². The lowest BCUT2D eigenvalue weighted by molar-refractivity contribution is -0.130. The molecule has 5 nitrogen and oxygen atoms in total. The summed E-state index contributed by atoms with van der Waals surface area (Å²) in [5, 5.41) is 27.0. The van der Waals surface area contributed by atoms with Crippen molar-refractivity contribution in [2.75, 3.05) is 0 Å². The van der Waals surface area contributed by atoms with Crippen LogP contribution in [0.15, 0.2) is 24.3 Å². The maximum Gasteiger partial charge on any atom is 0.338 e. The zero-order valence-electron chi connectivity index (χ0n) is 9.02. The summed E-state index contributed by atoms with van der Waals surface area (Å²) in [6.07, 6.45) is 0. The van der Waals surface area contributed by atoms with E-state index in [1.807, 2.05) is 0 Å². The van der Waals surface area contributed by atoms with Crippen LogP contribution in [0.3, 0.4) is 0 Å². The second-order valence-electron chi connectivity index (χ2n) is 3.23. The third-order valence-corrected chi connectivity index (χ3v) is 1.92. The van der Waals surface area contributed by atoms with Crippen LogP contribution >= 0.6 is 0 Å². The number of phenolic OH excluding ortho intramolecular Hbond substituents is 1. The third kappa shape index (κ3) is 2.42. The van der Waals surface area contributed by atoms with Crippen molar-refractivity contribution in [2.45, 2.75) is 6.92 Å². The van der Waals surface area contributed by atoms with Gasteiger partial charge in [-0.05, 0) is 19.1 Å². The van der Waals surface area contributed by atoms with Crippen LogP contribution in [-0.2, 0) is 4.79 Å². The number of nitrogens with zero attached hydrogens (tertiary/aromatic N) is 2. The van der Waals surface area contributed by atoms with Gasteiger partial charge in [0.2, 0.25) is 0 Å². The van der Waals surface area contributed by atoms with Crippen LogP contribution in [-0.4, -0.2) is 11.1 Å². The second kappa shape index (κ2) is 4.82. The molecule has 0 heterocycles. The van der Waals surface area contributed by atoms with Crippen molar-refractivity contribution in [1.29, 1.82) is 10.5 Å². The Morgan fingerprint density at radius 1 is 1.35 bits per heavy atom. The summed E-state index contributed by atoms with van der Waals surface area (Å²) >= 11 is 0. The Balaban J connectivity index is 3.29. The van der Waals surface area contributed by atoms with Gasteiger partial charge in [0.1, 0.15) is 29.0 Å². The molecule has 0 unspecified atom stereocenters. The first-order valence-electron chi connectivity index (χ1n) is 4.55. The van der Waals surface area contributed by atoms with Crippen LogP contribution in [0.5, 0.6) is 11.5 Å². The number of ether oxygens (including phenoxy) is 1. The summed E-state index contributed by atoms with van der Waals surface area (Å²) in [4.78, 5) is 11.3. The Labute approximate surface area is 97.8 Å². The maximum absolute atomic E-state index is 11.3. The van der Waals surface area contributed by atoms with Gasteiger partial charge in [-0.15, -0.1) is 0 Å². The summed E-state index contributed by atoms with van der Waals surface area (Å²) in [7, 11) is 0. The zero-order chi connectivity index (χ0) is 13.0. The van der Waals surface area contributed by atoms with E-state index in [2.05, 4.69) is 6.58 Å². The molecule has 0 bridgehead atoms. The highest BCUT2D eigenvalue weighted by molar-refractivity contribution is 5.89. The highest BCUT2D eigenvalue weighted by atomic mass is 16.5. The van der Waals surface area contributed by atoms with Crippen LogP contribution in [0.2, 0.25) is 0 Å². The predicted molar refractivity (Wildman–Crippen MR) is 58.0 cm³/mol. The number of hydrogen-bond donors (Lipinski definition) is 1. The van der Waals surface area contributed by atoms with E-state index < -0.39 is 5.97 Å². The van der Waals surface area contributed by atoms with Gasteiger partial charge in [-0.1, -0.05) is 6.58 Å². The Kier molecular flexibility index (Phi) is 3.48. The quantitative estimate of drug-likeness (QED) is 0.471. The molecule has 0 saturated carbocycles. The van der Waals surface area contributed by atoms with Crippen molar-refractivity contribution in [3.05, 3.63) is 35.4 Å². The van der Waals surface area contributed by atoms with Crippen molar-refractivity contribution < 1.29 is 14.6 Å². The van der Waals surface area contributed by atoms with Crippen LogP contribution in [0.4, 0.5) is 0 Å². The van der Waals surface area contributed by atoms with Gasteiger partial charge in [-0.2, -0.15) is 10.5 Å². The molecule has 1 aromatic rings. The molecular formula is C12H8N2O3. The van der Waals surface area contributed by atoms with E-state index in [9.17, 15) is 9.90 Å². The number of phenols is 1. The summed E-state index contributed by atoms with van der Waals surface area (Å²) in [6.45, 7) is 4.85. The maximum atomic E-state index is 11.3. The van der Waals surface area contributed by atoms with E-state index >= 15 is 0 Å². The highest BCUT2D eigenvalue weighted by Crippen LogP contribution is 2.28. The molecule has 5 heteroatoms. The number of carbonyl (C=O) groups is 1. The number of aromatic hydroxyl groups is 1. The molecular weight excluding hydrogens is 220 g/mol. The van der Waals surface area contributed by atoms with Gasteiger partial charge in [0.05, 0.1) is 0 Å². The standard InChI is InChI=1S/C12H8N2O3/c1-7(2)12(16)17-11-4-3-10(15)8(5-13)9(11)6-14/h3-4,15H,1H2,2H3. The van der Waals surface area contributed by atoms with Gasteiger partial charge in [-0.3, -0.25) is 0 Å². The van der Waals surface area contributed by atoms with Crippen LogP contribution < -0.4 is 4.74 Å². The molecule has 17 heavy (non-hydrogen) atoms. The molecule has 0 aromatic heterocycles. The molecule has 1 aromatic carbocycles. The number of rotatable bonds is 2. The fourth-order valence-electron chi connectivity index (χ4n) is 1.07. The second-order valence-corrected chi connectivity index (χ2v) is 3.23. The summed E-state index contributed by atoms with van der Waals surface area (Å²) in [5.74, 6) is -1.11. The number of hydrogen-bond acceptors (Lipinski definition) is 5. The Morgan fingerprint density at radius 2 is 1.94 bits per heavy atom. The van der Waals surface area contributed by atoms with Crippen LogP contribution in [0.1, 0.15) is 18.1 Å². The van der Waals surface area contributed by atoms with Crippen molar-refractivity contribution >= 4 is 5.97 Å². The van der Waals surface area contributed by atoms with Gasteiger partial charge in [-0.25, -0.2) is 4.79 Å². The van der Waals surface area contributed by atoms with E-state index in [0.29, 0.717) is 0 Å². The molecule has 0 radical (unpaired) electrons. The Hall–Kier alpha value is -2.79. The molecule has 0 saturated heterocycles. The first kappa shape index (κ1) is 12.3. The summed E-state index contributed by atoms with van der Waals surface area (Å²) in [6, 6.07) is 5.81. The lowest BCUT2D eigenvalue weighted by Gasteiger charge is -2.07. The van der Waals surface area contributed by atoms with E-state index in [1.54, 1.807) is 12.1 Å². The van der Waals surface area contributed by atoms with Crippen LogP contribution in [0.25, 0.3) is 0 Å². The molecule has 1 rings (SSSR count). The molecule has 1 N–H and O–H groups in total. The molecule has 0 fully saturated rings.